The summed E-state index contributed by atoms with van der Waals surface area (Å²) in [6, 6.07) is 15.6. The average molecular weight is 451 g/mol. The molecule has 2 aromatic heterocycles. The number of carbonyl (C=O) groups excluding carboxylic acids is 1. The average Bonchev–Trinajstić information content (AvgIpc) is 3.33. The van der Waals surface area contributed by atoms with Crippen molar-refractivity contribution in [2.45, 2.75) is 27.3 Å². The monoisotopic (exact) mass is 450 g/mol. The summed E-state index contributed by atoms with van der Waals surface area (Å²) in [4.78, 5) is 19.7. The third kappa shape index (κ3) is 4.70. The molecule has 158 valence electrons. The van der Waals surface area contributed by atoms with Crippen molar-refractivity contribution in [2.75, 3.05) is 11.4 Å². The molecule has 0 saturated carbocycles. The zero-order valence-electron chi connectivity index (χ0n) is 17.7. The molecule has 2 aromatic carbocycles. The number of halogens is 1. The number of benzene rings is 2. The van der Waals surface area contributed by atoms with Gasteiger partial charge in [-0.25, -0.2) is 4.98 Å². The topological polar surface area (TPSA) is 51.0 Å². The smallest absolute Gasteiger partial charge is 0.252 e. The Kier molecular flexibility index (Phi) is 6.20. The maximum absolute atomic E-state index is 13.2. The highest BCUT2D eigenvalue weighted by atomic mass is 35.5. The summed E-state index contributed by atoms with van der Waals surface area (Å²) in [6.45, 7) is 6.98. The van der Waals surface area contributed by atoms with Crippen LogP contribution in [0, 0.1) is 20.8 Å². The summed E-state index contributed by atoms with van der Waals surface area (Å²) >= 11 is 7.77. The zero-order valence-corrected chi connectivity index (χ0v) is 19.2. The van der Waals surface area contributed by atoms with E-state index in [1.807, 2.05) is 80.1 Å². The van der Waals surface area contributed by atoms with Crippen LogP contribution in [0.25, 0.3) is 16.3 Å². The Labute approximate surface area is 190 Å². The third-order valence-corrected chi connectivity index (χ3v) is 6.54. The molecule has 0 aliphatic carbocycles. The van der Waals surface area contributed by atoms with Gasteiger partial charge in [0.15, 0.2) is 5.13 Å². The Morgan fingerprint density at radius 2 is 1.94 bits per heavy atom. The molecule has 0 unspecified atom stereocenters. The SMILES string of the molecule is Cc1cc(C)n(CCN(C(=O)C=Cc2ccccc2)c2nc3c(C)c(Cl)ccc3s2)n1. The molecule has 0 aliphatic heterocycles. The second-order valence-corrected chi connectivity index (χ2v) is 8.82. The number of aromatic nitrogens is 3. The number of amides is 1. The highest BCUT2D eigenvalue weighted by molar-refractivity contribution is 7.22. The number of thiazole rings is 1. The van der Waals surface area contributed by atoms with Crippen LogP contribution in [0.5, 0.6) is 0 Å². The summed E-state index contributed by atoms with van der Waals surface area (Å²) in [5, 5.41) is 5.86. The Morgan fingerprint density at radius 1 is 1.16 bits per heavy atom. The summed E-state index contributed by atoms with van der Waals surface area (Å²) in [5.74, 6) is -0.117. The lowest BCUT2D eigenvalue weighted by molar-refractivity contribution is -0.114. The standard InChI is InChI=1S/C24H23ClN4OS/c1-16-15-17(2)29(27-16)14-13-28(22(30)12-9-19-7-5-4-6-8-19)24-26-23-18(3)20(25)10-11-21(23)31-24/h4-12,15H,13-14H2,1-3H3. The lowest BCUT2D eigenvalue weighted by Crippen LogP contribution is -2.33. The van der Waals surface area contributed by atoms with Gasteiger partial charge in [-0.1, -0.05) is 53.3 Å². The third-order valence-electron chi connectivity index (χ3n) is 5.09. The number of anilines is 1. The van der Waals surface area contributed by atoms with E-state index in [9.17, 15) is 4.79 Å². The molecular weight excluding hydrogens is 428 g/mol. The minimum Gasteiger partial charge on any atom is -0.283 e. The summed E-state index contributed by atoms with van der Waals surface area (Å²) in [5.41, 5.74) is 4.76. The van der Waals surface area contributed by atoms with E-state index in [-0.39, 0.29) is 5.91 Å². The molecule has 0 radical (unpaired) electrons. The number of hydrogen-bond acceptors (Lipinski definition) is 4. The van der Waals surface area contributed by atoms with Crippen LogP contribution >= 0.6 is 22.9 Å². The highest BCUT2D eigenvalue weighted by Crippen LogP contribution is 2.33. The summed E-state index contributed by atoms with van der Waals surface area (Å²) in [7, 11) is 0. The zero-order chi connectivity index (χ0) is 22.0. The van der Waals surface area contributed by atoms with Gasteiger partial charge in [0, 0.05) is 23.3 Å². The molecule has 2 heterocycles. The van der Waals surface area contributed by atoms with E-state index in [4.69, 9.17) is 16.6 Å². The van der Waals surface area contributed by atoms with Crippen LogP contribution in [0.2, 0.25) is 5.02 Å². The van der Waals surface area contributed by atoms with Crippen LogP contribution in [-0.4, -0.2) is 27.2 Å². The van der Waals surface area contributed by atoms with E-state index >= 15 is 0 Å². The van der Waals surface area contributed by atoms with Gasteiger partial charge in [0.2, 0.25) is 0 Å². The first-order valence-electron chi connectivity index (χ1n) is 10.0. The fourth-order valence-electron chi connectivity index (χ4n) is 3.42. The first-order chi connectivity index (χ1) is 14.9. The van der Waals surface area contributed by atoms with Crippen molar-refractivity contribution in [3.8, 4) is 0 Å². The molecule has 4 aromatic rings. The lowest BCUT2D eigenvalue weighted by Gasteiger charge is -2.18. The van der Waals surface area contributed by atoms with E-state index in [0.29, 0.717) is 23.2 Å². The van der Waals surface area contributed by atoms with E-state index in [1.54, 1.807) is 11.0 Å². The van der Waals surface area contributed by atoms with E-state index in [0.717, 1.165) is 32.7 Å². The van der Waals surface area contributed by atoms with Crippen LogP contribution in [0.3, 0.4) is 0 Å². The van der Waals surface area contributed by atoms with Crippen molar-refractivity contribution in [3.63, 3.8) is 0 Å². The fourth-order valence-corrected chi connectivity index (χ4v) is 4.63. The molecule has 5 nitrogen and oxygen atoms in total. The Morgan fingerprint density at radius 3 is 2.65 bits per heavy atom. The van der Waals surface area contributed by atoms with Crippen LogP contribution < -0.4 is 4.90 Å². The van der Waals surface area contributed by atoms with Crippen molar-refractivity contribution in [3.05, 3.63) is 82.1 Å². The summed E-state index contributed by atoms with van der Waals surface area (Å²) < 4.78 is 2.93. The van der Waals surface area contributed by atoms with Gasteiger partial charge in [-0.3, -0.25) is 14.4 Å². The minimum atomic E-state index is -0.117. The number of nitrogens with zero attached hydrogens (tertiary/aromatic N) is 4. The predicted octanol–water partition coefficient (Wildman–Crippen LogP) is 5.82. The first-order valence-corrected chi connectivity index (χ1v) is 11.2. The molecular formula is C24H23ClN4OS. The largest absolute Gasteiger partial charge is 0.283 e. The fraction of sp³-hybridized carbons (Fsp3) is 0.208. The molecule has 0 aliphatic rings. The van der Waals surface area contributed by atoms with Gasteiger partial charge >= 0.3 is 0 Å². The molecule has 1 amide bonds. The Hall–Kier alpha value is -2.96. The minimum absolute atomic E-state index is 0.117. The number of rotatable bonds is 6. The van der Waals surface area contributed by atoms with E-state index < -0.39 is 0 Å². The van der Waals surface area contributed by atoms with Crippen molar-refractivity contribution in [1.29, 1.82) is 0 Å². The first kappa shape index (κ1) is 21.3. The van der Waals surface area contributed by atoms with Gasteiger partial charge in [0.1, 0.15) is 0 Å². The number of aryl methyl sites for hydroxylation is 3. The molecule has 31 heavy (non-hydrogen) atoms. The van der Waals surface area contributed by atoms with Crippen LogP contribution in [-0.2, 0) is 11.3 Å². The van der Waals surface area contributed by atoms with E-state index in [2.05, 4.69) is 5.10 Å². The Balaban J connectivity index is 1.66. The van der Waals surface area contributed by atoms with E-state index in [1.165, 1.54) is 11.3 Å². The normalized spacial score (nSPS) is 11.5. The van der Waals surface area contributed by atoms with Gasteiger partial charge in [-0.2, -0.15) is 5.10 Å². The maximum Gasteiger partial charge on any atom is 0.252 e. The van der Waals surface area contributed by atoms with Crippen molar-refractivity contribution in [2.24, 2.45) is 0 Å². The molecule has 0 fully saturated rings. The molecule has 0 bridgehead atoms. The van der Waals surface area contributed by atoms with Crippen LogP contribution in [0.1, 0.15) is 22.5 Å². The number of carbonyl (C=O) groups is 1. The van der Waals surface area contributed by atoms with Gasteiger partial charge in [-0.05, 0) is 56.2 Å². The van der Waals surface area contributed by atoms with Crippen molar-refractivity contribution in [1.82, 2.24) is 14.8 Å². The predicted molar refractivity (Wildman–Crippen MR) is 129 cm³/mol. The second kappa shape index (κ2) is 9.04. The van der Waals surface area contributed by atoms with Crippen LogP contribution in [0.15, 0.2) is 54.6 Å². The van der Waals surface area contributed by atoms with Crippen molar-refractivity contribution >= 4 is 50.3 Å². The maximum atomic E-state index is 13.2. The number of hydrogen-bond donors (Lipinski definition) is 0. The van der Waals surface area contributed by atoms with Gasteiger partial charge in [0.05, 0.1) is 22.5 Å². The molecule has 0 N–H and O–H groups in total. The van der Waals surface area contributed by atoms with Crippen LogP contribution in [0.4, 0.5) is 5.13 Å². The quantitative estimate of drug-likeness (QED) is 0.348. The number of fused-ring (bicyclic) bond motifs is 1. The van der Waals surface area contributed by atoms with Crippen molar-refractivity contribution < 1.29 is 4.79 Å². The highest BCUT2D eigenvalue weighted by Gasteiger charge is 2.19. The Bertz CT molecular complexity index is 1260. The van der Waals surface area contributed by atoms with Gasteiger partial charge in [-0.15, -0.1) is 0 Å². The summed E-state index contributed by atoms with van der Waals surface area (Å²) in [6.07, 6.45) is 3.43. The molecule has 0 atom stereocenters. The van der Waals surface area contributed by atoms with Gasteiger partial charge < -0.3 is 0 Å². The molecule has 0 spiro atoms. The molecule has 7 heteroatoms. The molecule has 0 saturated heterocycles. The lowest BCUT2D eigenvalue weighted by atomic mass is 10.2. The molecule has 4 rings (SSSR count). The second-order valence-electron chi connectivity index (χ2n) is 7.40. The van der Waals surface area contributed by atoms with Gasteiger partial charge in [0.25, 0.3) is 5.91 Å².